The molecule has 0 amide bonds. The van der Waals surface area contributed by atoms with Crippen molar-refractivity contribution in [2.24, 2.45) is 11.8 Å². The van der Waals surface area contributed by atoms with E-state index in [0.717, 1.165) is 42.6 Å². The first-order valence-electron chi connectivity index (χ1n) is 23.1. The number of hydrogen-bond donors (Lipinski definition) is 1. The molecule has 5 aromatic rings. The third kappa shape index (κ3) is 8.06. The van der Waals surface area contributed by atoms with E-state index in [4.69, 9.17) is 30.0 Å². The highest BCUT2D eigenvalue weighted by atomic mass is 35.5. The largest absolute Gasteiger partial charge is 0.508 e. The van der Waals surface area contributed by atoms with Crippen LogP contribution in [0.3, 0.4) is 0 Å². The predicted molar refractivity (Wildman–Crippen MR) is 259 cm³/mol. The molecule has 1 N–H and O–H groups in total. The molecular formula is C54H60ClN3O7Si. The van der Waals surface area contributed by atoms with Gasteiger partial charge >= 0.3 is 0 Å². The summed E-state index contributed by atoms with van der Waals surface area (Å²) >= 11 is 7.64. The van der Waals surface area contributed by atoms with Gasteiger partial charge in [-0.15, -0.1) is 6.58 Å². The van der Waals surface area contributed by atoms with Crippen molar-refractivity contribution in [3.05, 3.63) is 171 Å². The lowest BCUT2D eigenvalue weighted by Gasteiger charge is -2.55. The van der Waals surface area contributed by atoms with E-state index in [9.17, 15) is 5.11 Å². The highest BCUT2D eigenvalue weighted by Crippen LogP contribution is 2.60. The van der Waals surface area contributed by atoms with Gasteiger partial charge in [0, 0.05) is 35.6 Å². The van der Waals surface area contributed by atoms with Crippen molar-refractivity contribution in [1.29, 1.82) is 0 Å². The molecule has 2 heterocycles. The minimum Gasteiger partial charge on any atom is -0.508 e. The number of nitrogens with zero attached hydrogens (tertiary/aromatic N) is 3. The van der Waals surface area contributed by atoms with E-state index >= 15 is 9.59 Å². The Balaban J connectivity index is 1.21. The summed E-state index contributed by atoms with van der Waals surface area (Å²) in [6, 6.07) is 31.2. The number of hydrogen-bond acceptors (Lipinski definition) is 10. The SMILES string of the molecule is C=CCN(C)[C@@H]1c2onc(OCc3ccccc3)c2C(=O)[C@@]2(O[Si](C)(C)C(C)(C)C)C(O)=C3C(=O)c4c(OCc5ccccc5)cc(C5CCCN5Cc5ccccc5)c(Cl)c4C[C@H]3C[C@@H]12. The molecule has 9 rings (SSSR count). The lowest BCUT2D eigenvalue weighted by molar-refractivity contribution is -0.0501. The summed E-state index contributed by atoms with van der Waals surface area (Å²) in [7, 11) is -1.01. The number of carbonyl (C=O) groups excluding carboxylic acids is 2. The summed E-state index contributed by atoms with van der Waals surface area (Å²) in [4.78, 5) is 36.1. The van der Waals surface area contributed by atoms with Crippen LogP contribution in [-0.2, 0) is 30.6 Å². The summed E-state index contributed by atoms with van der Waals surface area (Å²) in [6.45, 7) is 16.9. The van der Waals surface area contributed by atoms with Crippen LogP contribution in [0, 0.1) is 11.8 Å². The molecule has 1 aliphatic heterocycles. The molecule has 344 valence electrons. The molecule has 0 radical (unpaired) electrons. The maximum atomic E-state index is 15.9. The van der Waals surface area contributed by atoms with Gasteiger partial charge in [-0.1, -0.05) is 129 Å². The zero-order valence-electron chi connectivity index (χ0n) is 38.8. The van der Waals surface area contributed by atoms with Crippen molar-refractivity contribution in [2.45, 2.75) is 102 Å². The zero-order chi connectivity index (χ0) is 46.5. The predicted octanol–water partition coefficient (Wildman–Crippen LogP) is 11.8. The zero-order valence-corrected chi connectivity index (χ0v) is 40.6. The van der Waals surface area contributed by atoms with Gasteiger partial charge in [0.15, 0.2) is 25.5 Å². The fourth-order valence-corrected chi connectivity index (χ4v) is 12.3. The quantitative estimate of drug-likeness (QED) is 0.0853. The number of carbonyl (C=O) groups is 2. The summed E-state index contributed by atoms with van der Waals surface area (Å²) in [6.07, 6.45) is 4.34. The van der Waals surface area contributed by atoms with E-state index < -0.39 is 48.4 Å². The third-order valence-electron chi connectivity index (χ3n) is 14.8. The van der Waals surface area contributed by atoms with Gasteiger partial charge in [0.1, 0.15) is 30.3 Å². The highest BCUT2D eigenvalue weighted by molar-refractivity contribution is 6.74. The fraction of sp³-hybridized carbons (Fsp3) is 0.389. The first kappa shape index (κ1) is 45.8. The summed E-state index contributed by atoms with van der Waals surface area (Å²) in [5, 5.41) is 17.9. The Hall–Kier alpha value is -5.30. The van der Waals surface area contributed by atoms with Crippen molar-refractivity contribution >= 4 is 31.5 Å². The van der Waals surface area contributed by atoms with Crippen molar-refractivity contribution in [1.82, 2.24) is 15.0 Å². The first-order chi connectivity index (χ1) is 31.6. The number of ether oxygens (including phenoxy) is 2. The Kier molecular flexibility index (Phi) is 12.5. The standard InChI is InChI=1S/C54H60ClN3O7Si/c1-8-26-57(5)47-40-29-37-28-39-44(42(62-32-35-21-14-10-15-22-35)30-38(46(39)55)41-25-18-27-58(41)31-34-19-12-9-13-20-34)48(59)43(37)50(60)54(40,65-66(6,7)53(2,3)4)51(61)45-49(47)64-56-52(45)63-33-36-23-16-11-17-24-36/h8-17,19-24,30,37,40-41,47,60H,1,18,25-29,31-33H2,2-7H3/t37-,40-,41?,47-,54-/m0/s1. The molecule has 12 heteroatoms. The average Bonchev–Trinajstić information content (AvgIpc) is 3.94. The maximum absolute atomic E-state index is 15.9. The van der Waals surface area contributed by atoms with Gasteiger partial charge < -0.3 is 23.5 Å². The number of aromatic nitrogens is 1. The third-order valence-corrected chi connectivity index (χ3v) is 19.7. The van der Waals surface area contributed by atoms with Gasteiger partial charge in [-0.2, -0.15) is 0 Å². The first-order valence-corrected chi connectivity index (χ1v) is 26.4. The van der Waals surface area contributed by atoms with Crippen LogP contribution in [0.15, 0.2) is 126 Å². The normalized spacial score (nSPS) is 23.0. The van der Waals surface area contributed by atoms with Crippen LogP contribution >= 0.6 is 11.6 Å². The highest BCUT2D eigenvalue weighted by Gasteiger charge is 2.67. The average molecular weight is 927 g/mol. The maximum Gasteiger partial charge on any atom is 0.265 e. The number of benzene rings is 4. The Morgan fingerprint density at radius 3 is 2.20 bits per heavy atom. The molecule has 10 nitrogen and oxygen atoms in total. The van der Waals surface area contributed by atoms with Gasteiger partial charge in [0.25, 0.3) is 5.88 Å². The summed E-state index contributed by atoms with van der Waals surface area (Å²) in [5.41, 5.74) is 3.25. The van der Waals surface area contributed by atoms with Crippen molar-refractivity contribution in [3.8, 4) is 11.6 Å². The van der Waals surface area contributed by atoms with E-state index in [0.29, 0.717) is 47.0 Å². The van der Waals surface area contributed by atoms with E-state index in [1.165, 1.54) is 5.56 Å². The van der Waals surface area contributed by atoms with E-state index in [1.54, 1.807) is 6.08 Å². The minimum absolute atomic E-state index is 0.00408. The van der Waals surface area contributed by atoms with Gasteiger partial charge in [0.05, 0.1) is 11.6 Å². The number of Topliss-reactive ketones (excluding diaryl/α,β-unsaturated/α-hetero) is 2. The molecule has 4 aliphatic rings. The number of aliphatic hydroxyl groups excluding tert-OH is 1. The second kappa shape index (κ2) is 18.1. The number of ketones is 2. The van der Waals surface area contributed by atoms with E-state index in [2.05, 4.69) is 79.7 Å². The fourth-order valence-electron chi connectivity index (χ4n) is 10.5. The van der Waals surface area contributed by atoms with E-state index in [-0.39, 0.29) is 42.0 Å². The van der Waals surface area contributed by atoms with Crippen LogP contribution in [0.25, 0.3) is 0 Å². The molecule has 1 fully saturated rings. The van der Waals surface area contributed by atoms with Crippen LogP contribution in [0.5, 0.6) is 11.6 Å². The Bertz CT molecular complexity index is 2660. The molecule has 5 atom stereocenters. The molecule has 0 bridgehead atoms. The van der Waals surface area contributed by atoms with E-state index in [1.807, 2.05) is 79.8 Å². The minimum atomic E-state index is -2.95. The summed E-state index contributed by atoms with van der Waals surface area (Å²) in [5.74, 6) is -1.79. The second-order valence-corrected chi connectivity index (χ2v) is 25.1. The second-order valence-electron chi connectivity index (χ2n) is 20.0. The van der Waals surface area contributed by atoms with Crippen molar-refractivity contribution in [3.63, 3.8) is 0 Å². The van der Waals surface area contributed by atoms with Gasteiger partial charge in [0.2, 0.25) is 5.78 Å². The van der Waals surface area contributed by atoms with Gasteiger partial charge in [-0.05, 0) is 102 Å². The van der Waals surface area contributed by atoms with Crippen molar-refractivity contribution in [2.75, 3.05) is 20.1 Å². The lowest BCUT2D eigenvalue weighted by Crippen LogP contribution is -2.65. The van der Waals surface area contributed by atoms with Crippen molar-refractivity contribution < 1.29 is 33.1 Å². The monoisotopic (exact) mass is 925 g/mol. The number of aliphatic hydroxyl groups is 1. The number of rotatable bonds is 14. The molecule has 1 unspecified atom stereocenters. The van der Waals surface area contributed by atoms with Crippen LogP contribution < -0.4 is 9.47 Å². The molecule has 3 aliphatic carbocycles. The van der Waals surface area contributed by atoms with Gasteiger partial charge in [-0.3, -0.25) is 19.4 Å². The molecule has 0 spiro atoms. The van der Waals surface area contributed by atoms with Gasteiger partial charge in [-0.25, -0.2) is 0 Å². The van der Waals surface area contributed by atoms with Crippen LogP contribution in [0.1, 0.15) is 106 Å². The van der Waals surface area contributed by atoms with Crippen LogP contribution in [0.4, 0.5) is 0 Å². The number of allylic oxidation sites excluding steroid dienone is 1. The Labute approximate surface area is 394 Å². The Morgan fingerprint density at radius 1 is 0.955 bits per heavy atom. The molecule has 4 aromatic carbocycles. The molecule has 66 heavy (non-hydrogen) atoms. The molecule has 1 saturated heterocycles. The number of likely N-dealkylation sites (N-methyl/N-ethyl adjacent to an activating group) is 1. The number of halogens is 1. The van der Waals surface area contributed by atoms with Crippen LogP contribution in [-0.4, -0.2) is 65.7 Å². The summed E-state index contributed by atoms with van der Waals surface area (Å²) < 4.78 is 26.6. The molecule has 0 saturated carbocycles. The van der Waals surface area contributed by atoms with Crippen LogP contribution in [0.2, 0.25) is 23.2 Å². The topological polar surface area (TPSA) is 115 Å². The molecule has 1 aromatic heterocycles. The lowest BCUT2D eigenvalue weighted by atomic mass is 9.58. The molecular weight excluding hydrogens is 866 g/mol. The Morgan fingerprint density at radius 2 is 1.58 bits per heavy atom. The number of likely N-dealkylation sites (tertiary alicyclic amines) is 1. The smallest absolute Gasteiger partial charge is 0.265 e. The number of fused-ring (bicyclic) bond motifs is 4.